The topological polar surface area (TPSA) is 133 Å². The molecule has 1 fully saturated rings. The van der Waals surface area contributed by atoms with Crippen molar-refractivity contribution in [1.82, 2.24) is 14.4 Å². The van der Waals surface area contributed by atoms with Crippen LogP contribution in [0.1, 0.15) is 43.9 Å². The highest BCUT2D eigenvalue weighted by molar-refractivity contribution is 7.17. The van der Waals surface area contributed by atoms with E-state index in [-0.39, 0.29) is 21.3 Å². The third-order valence-corrected chi connectivity index (χ3v) is 7.98. The van der Waals surface area contributed by atoms with E-state index in [0.717, 1.165) is 16.9 Å². The van der Waals surface area contributed by atoms with Crippen molar-refractivity contribution in [1.29, 1.82) is 0 Å². The number of hydrogen-bond donors (Lipinski definition) is 1. The number of thiazole rings is 1. The second kappa shape index (κ2) is 10.1. The minimum absolute atomic E-state index is 0.0985. The molecule has 1 unspecified atom stereocenters. The van der Waals surface area contributed by atoms with E-state index in [1.54, 1.807) is 42.6 Å². The molecular formula is C28H26N4O7S. The fourth-order valence-electron chi connectivity index (χ4n) is 4.81. The van der Waals surface area contributed by atoms with Crippen LogP contribution in [0.2, 0.25) is 0 Å². The number of carbonyl (C=O) groups is 3. The van der Waals surface area contributed by atoms with Gasteiger partial charge in [-0.2, -0.15) is 0 Å². The number of amides is 1. The Morgan fingerprint density at radius 1 is 1.02 bits per heavy atom. The van der Waals surface area contributed by atoms with Crippen LogP contribution in [0.15, 0.2) is 42.1 Å². The van der Waals surface area contributed by atoms with Crippen molar-refractivity contribution in [2.24, 2.45) is 0 Å². The number of methoxy groups -OCH3 is 3. The molecule has 40 heavy (non-hydrogen) atoms. The zero-order valence-electron chi connectivity index (χ0n) is 22.6. The number of aryl methyl sites for hydroxylation is 3. The molecule has 1 atom stereocenters. The molecule has 206 valence electrons. The molecular weight excluding hydrogens is 536 g/mol. The van der Waals surface area contributed by atoms with E-state index < -0.39 is 29.5 Å². The van der Waals surface area contributed by atoms with E-state index >= 15 is 0 Å². The largest absolute Gasteiger partial charge is 0.505 e. The number of ketones is 1. The van der Waals surface area contributed by atoms with Crippen molar-refractivity contribution in [2.45, 2.75) is 26.8 Å². The van der Waals surface area contributed by atoms with Crippen LogP contribution >= 0.6 is 11.3 Å². The van der Waals surface area contributed by atoms with E-state index in [4.69, 9.17) is 14.2 Å². The predicted molar refractivity (Wildman–Crippen MR) is 147 cm³/mol. The lowest BCUT2D eigenvalue weighted by Gasteiger charge is -2.23. The Labute approximate surface area is 233 Å². The SMILES string of the molecule is COC(=O)c1sc(N2C(=O)C(=O)/C(=C(/O)c3nc4c(C)cccn4c3C)C2c2ccc(OC)c(OC)c2)nc1C. The number of rotatable bonds is 6. The first kappa shape index (κ1) is 26.9. The lowest BCUT2D eigenvalue weighted by Crippen LogP contribution is -2.29. The highest BCUT2D eigenvalue weighted by Gasteiger charge is 2.49. The Morgan fingerprint density at radius 2 is 1.75 bits per heavy atom. The number of ether oxygens (including phenoxy) is 3. The minimum Gasteiger partial charge on any atom is -0.505 e. The van der Waals surface area contributed by atoms with Crippen molar-refractivity contribution in [3.63, 3.8) is 0 Å². The summed E-state index contributed by atoms with van der Waals surface area (Å²) in [5.41, 5.74) is 2.85. The van der Waals surface area contributed by atoms with Gasteiger partial charge in [-0.05, 0) is 50.1 Å². The van der Waals surface area contributed by atoms with Crippen molar-refractivity contribution in [3.8, 4) is 11.5 Å². The average Bonchev–Trinajstić information content (AvgIpc) is 3.59. The zero-order chi connectivity index (χ0) is 28.9. The standard InChI is InChI=1S/C28H26N4O7S/c1-13-8-7-11-31-15(3)20(30-25(13)31)22(33)19-21(16-9-10-17(37-4)18(12-16)38-5)32(26(35)23(19)34)28-29-14(2)24(40-28)27(36)39-6/h7-12,21,33H,1-6H3/b22-19+. The van der Waals surface area contributed by atoms with Gasteiger partial charge in [-0.25, -0.2) is 14.8 Å². The van der Waals surface area contributed by atoms with Gasteiger partial charge in [0.1, 0.15) is 16.2 Å². The van der Waals surface area contributed by atoms with Crippen molar-refractivity contribution >= 4 is 45.5 Å². The summed E-state index contributed by atoms with van der Waals surface area (Å²) in [6.45, 7) is 5.26. The normalized spacial score (nSPS) is 16.6. The van der Waals surface area contributed by atoms with Crippen molar-refractivity contribution in [2.75, 3.05) is 26.2 Å². The maximum atomic E-state index is 13.6. The van der Waals surface area contributed by atoms with Crippen LogP contribution in [0.4, 0.5) is 5.13 Å². The Bertz CT molecular complexity index is 1740. The van der Waals surface area contributed by atoms with Crippen molar-refractivity contribution in [3.05, 3.63) is 75.2 Å². The summed E-state index contributed by atoms with van der Waals surface area (Å²) in [4.78, 5) is 49.9. The Morgan fingerprint density at radius 3 is 2.40 bits per heavy atom. The molecule has 5 rings (SSSR count). The monoisotopic (exact) mass is 562 g/mol. The fourth-order valence-corrected chi connectivity index (χ4v) is 5.82. The molecule has 1 N–H and O–H groups in total. The third kappa shape index (κ3) is 4.08. The summed E-state index contributed by atoms with van der Waals surface area (Å²) in [5, 5.41) is 11.7. The molecule has 11 nitrogen and oxygen atoms in total. The first-order valence-electron chi connectivity index (χ1n) is 12.2. The molecule has 4 heterocycles. The number of aromatic nitrogens is 3. The van der Waals surface area contributed by atoms with Crippen molar-refractivity contribution < 1.29 is 33.7 Å². The number of hydrogen-bond acceptors (Lipinski definition) is 10. The van der Waals surface area contributed by atoms with Gasteiger partial charge < -0.3 is 23.7 Å². The maximum absolute atomic E-state index is 13.6. The summed E-state index contributed by atoms with van der Waals surface area (Å²) in [5.74, 6) is -2.08. The number of imidazole rings is 1. The maximum Gasteiger partial charge on any atom is 0.350 e. The first-order chi connectivity index (χ1) is 19.1. The van der Waals surface area contributed by atoms with Crippen LogP contribution in [-0.4, -0.2) is 58.5 Å². The van der Waals surface area contributed by atoms with Crippen LogP contribution in [0.3, 0.4) is 0 Å². The lowest BCUT2D eigenvalue weighted by molar-refractivity contribution is -0.132. The van der Waals surface area contributed by atoms with Crippen LogP contribution in [0, 0.1) is 20.8 Å². The molecule has 0 bridgehead atoms. The number of benzene rings is 1. The average molecular weight is 563 g/mol. The fraction of sp³-hybridized carbons (Fsp3) is 0.250. The number of esters is 1. The van der Waals surface area contributed by atoms with E-state index in [9.17, 15) is 19.5 Å². The highest BCUT2D eigenvalue weighted by Crippen LogP contribution is 2.45. The van der Waals surface area contributed by atoms with E-state index in [1.165, 1.54) is 26.2 Å². The number of Topliss-reactive ketones (excluding diaryl/α,β-unsaturated/α-hetero) is 1. The van der Waals surface area contributed by atoms with Gasteiger partial charge in [0.25, 0.3) is 5.78 Å². The second-order valence-corrected chi connectivity index (χ2v) is 10.1. The lowest BCUT2D eigenvalue weighted by atomic mass is 9.96. The van der Waals surface area contributed by atoms with E-state index in [0.29, 0.717) is 34.1 Å². The number of nitrogens with zero attached hydrogens (tertiary/aromatic N) is 4. The molecule has 1 saturated heterocycles. The molecule has 1 amide bonds. The number of carbonyl (C=O) groups excluding carboxylic acids is 3. The van der Waals surface area contributed by atoms with Gasteiger partial charge in [0, 0.05) is 6.20 Å². The molecule has 1 aliphatic heterocycles. The number of pyridine rings is 1. The molecule has 0 radical (unpaired) electrons. The highest BCUT2D eigenvalue weighted by atomic mass is 32.1. The third-order valence-electron chi connectivity index (χ3n) is 6.84. The number of fused-ring (bicyclic) bond motifs is 1. The summed E-state index contributed by atoms with van der Waals surface area (Å²) in [7, 11) is 4.20. The number of aliphatic hydroxyl groups excluding tert-OH is 1. The van der Waals surface area contributed by atoms with Gasteiger partial charge in [-0.3, -0.25) is 14.5 Å². The molecule has 3 aromatic heterocycles. The Hall–Kier alpha value is -4.71. The molecule has 0 spiro atoms. The molecule has 12 heteroatoms. The van der Waals surface area contributed by atoms with E-state index in [2.05, 4.69) is 9.97 Å². The molecule has 0 saturated carbocycles. The zero-order valence-corrected chi connectivity index (χ0v) is 23.5. The van der Waals surface area contributed by atoms with Crippen LogP contribution in [0.25, 0.3) is 11.4 Å². The van der Waals surface area contributed by atoms with Gasteiger partial charge in [0.05, 0.1) is 44.3 Å². The smallest absolute Gasteiger partial charge is 0.350 e. The quantitative estimate of drug-likeness (QED) is 0.159. The predicted octanol–water partition coefficient (Wildman–Crippen LogP) is 4.15. The summed E-state index contributed by atoms with van der Waals surface area (Å²) >= 11 is 0.917. The summed E-state index contributed by atoms with van der Waals surface area (Å²) in [6.07, 6.45) is 1.80. The van der Waals surface area contributed by atoms with Gasteiger partial charge in [0.2, 0.25) is 0 Å². The summed E-state index contributed by atoms with van der Waals surface area (Å²) in [6, 6.07) is 7.56. The van der Waals surface area contributed by atoms with Gasteiger partial charge in [-0.15, -0.1) is 0 Å². The molecule has 0 aliphatic carbocycles. The summed E-state index contributed by atoms with van der Waals surface area (Å²) < 4.78 is 17.5. The van der Waals surface area contributed by atoms with Crippen LogP contribution in [-0.2, 0) is 14.3 Å². The molecule has 1 aliphatic rings. The van der Waals surface area contributed by atoms with Gasteiger partial charge in [0.15, 0.2) is 22.4 Å². The Balaban J connectivity index is 1.78. The van der Waals surface area contributed by atoms with E-state index in [1.807, 2.05) is 19.1 Å². The second-order valence-electron chi connectivity index (χ2n) is 9.12. The van der Waals surface area contributed by atoms with Crippen LogP contribution < -0.4 is 14.4 Å². The van der Waals surface area contributed by atoms with Gasteiger partial charge >= 0.3 is 11.9 Å². The molecule has 1 aromatic carbocycles. The Kier molecular flexibility index (Phi) is 6.80. The van der Waals surface area contributed by atoms with Crippen LogP contribution in [0.5, 0.6) is 11.5 Å². The number of anilines is 1. The molecule has 4 aromatic rings. The number of aliphatic hydroxyl groups is 1. The van der Waals surface area contributed by atoms with Gasteiger partial charge in [-0.1, -0.05) is 23.5 Å². The first-order valence-corrected chi connectivity index (χ1v) is 13.0. The minimum atomic E-state index is -1.11.